The van der Waals surface area contributed by atoms with Crippen LogP contribution in [0.15, 0.2) is 36.4 Å². The molecule has 5 rings (SSSR count). The van der Waals surface area contributed by atoms with E-state index < -0.39 is 0 Å². The molecule has 0 radical (unpaired) electrons. The zero-order valence-electron chi connectivity index (χ0n) is 18.8. The molecule has 0 bridgehead atoms. The van der Waals surface area contributed by atoms with Crippen LogP contribution in [0.4, 0.5) is 0 Å². The largest absolute Gasteiger partial charge is 0.390 e. The topological polar surface area (TPSA) is 28.4 Å². The lowest BCUT2D eigenvalue weighted by Gasteiger charge is -2.42. The second-order valence-corrected chi connectivity index (χ2v) is 12.4. The van der Waals surface area contributed by atoms with Gasteiger partial charge in [0.1, 0.15) is 0 Å². The van der Waals surface area contributed by atoms with Crippen LogP contribution in [0.3, 0.4) is 0 Å². The third-order valence-electron chi connectivity index (χ3n) is 7.69. The number of fused-ring (bicyclic) bond motifs is 3. The maximum atomic E-state index is 11.4. The summed E-state index contributed by atoms with van der Waals surface area (Å²) in [6.07, 6.45) is 13.1. The molecule has 2 aliphatic carbocycles. The Bertz CT molecular complexity index is 989. The van der Waals surface area contributed by atoms with Gasteiger partial charge in [0.2, 0.25) is 0 Å². The third-order valence-corrected chi connectivity index (χ3v) is 9.03. The number of aromatic nitrogens is 1. The molecular weight excluding hydrogens is 622 g/mol. The molecule has 32 heavy (non-hydrogen) atoms. The smallest absolute Gasteiger partial charge is 0.0846 e. The Balaban J connectivity index is 1.43. The molecule has 3 nitrogen and oxygen atoms in total. The van der Waals surface area contributed by atoms with E-state index in [1.54, 1.807) is 0 Å². The van der Waals surface area contributed by atoms with Crippen molar-refractivity contribution in [2.45, 2.75) is 88.9 Å². The van der Waals surface area contributed by atoms with Crippen LogP contribution in [0.1, 0.15) is 64.2 Å². The van der Waals surface area contributed by atoms with Crippen molar-refractivity contribution < 1.29 is 5.11 Å². The van der Waals surface area contributed by atoms with E-state index in [0.29, 0.717) is 18.6 Å². The molecule has 0 saturated heterocycles. The summed E-state index contributed by atoms with van der Waals surface area (Å²) in [4.78, 5) is 2.74. The van der Waals surface area contributed by atoms with E-state index in [-0.39, 0.29) is 6.10 Å². The van der Waals surface area contributed by atoms with E-state index >= 15 is 0 Å². The number of halogens is 2. The SMILES string of the molecule is O[C@@H](CN(C1CCCCC1)C1CCCCC1)Cn1c2ccc(I)cc2c2cc(I)ccc21. The van der Waals surface area contributed by atoms with Crippen molar-refractivity contribution in [3.05, 3.63) is 43.5 Å². The predicted octanol–water partition coefficient (Wildman–Crippen LogP) is 7.33. The number of aliphatic hydroxyl groups excluding tert-OH is 1. The second kappa shape index (κ2) is 10.5. The monoisotopic (exact) mass is 656 g/mol. The van der Waals surface area contributed by atoms with Crippen molar-refractivity contribution in [2.24, 2.45) is 0 Å². The molecule has 2 aromatic carbocycles. The molecule has 0 amide bonds. The molecule has 0 aliphatic heterocycles. The number of rotatable bonds is 6. The summed E-state index contributed by atoms with van der Waals surface area (Å²) in [5.74, 6) is 0. The van der Waals surface area contributed by atoms with Crippen LogP contribution < -0.4 is 0 Å². The maximum absolute atomic E-state index is 11.4. The van der Waals surface area contributed by atoms with Gasteiger partial charge in [-0.05, 0) is 107 Å². The van der Waals surface area contributed by atoms with E-state index in [9.17, 15) is 5.11 Å². The van der Waals surface area contributed by atoms with Crippen molar-refractivity contribution in [3.8, 4) is 0 Å². The molecule has 1 heterocycles. The van der Waals surface area contributed by atoms with Gasteiger partial charge in [0.25, 0.3) is 0 Å². The van der Waals surface area contributed by atoms with Crippen LogP contribution in [0, 0.1) is 7.14 Å². The quantitative estimate of drug-likeness (QED) is 0.282. The zero-order valence-corrected chi connectivity index (χ0v) is 23.1. The standard InChI is InChI=1S/C27H34I2N2O/c28-19-11-13-26-24(15-19)25-16-20(29)12-14-27(25)31(26)18-23(32)17-30(21-7-3-1-4-8-21)22-9-5-2-6-10-22/h11-16,21-23,32H,1-10,17-18H2/t23-/m0/s1. The molecule has 5 heteroatoms. The molecular formula is C27H34I2N2O. The molecule has 2 fully saturated rings. The highest BCUT2D eigenvalue weighted by Gasteiger charge is 2.30. The second-order valence-electron chi connectivity index (χ2n) is 9.87. The zero-order chi connectivity index (χ0) is 22.1. The highest BCUT2D eigenvalue weighted by Crippen LogP contribution is 2.33. The van der Waals surface area contributed by atoms with Crippen molar-refractivity contribution in [1.29, 1.82) is 0 Å². The number of nitrogens with zero attached hydrogens (tertiary/aromatic N) is 2. The van der Waals surface area contributed by atoms with Crippen LogP contribution in [0.5, 0.6) is 0 Å². The minimum absolute atomic E-state index is 0.351. The summed E-state index contributed by atoms with van der Waals surface area (Å²) < 4.78 is 4.88. The first kappa shape index (κ1) is 23.4. The van der Waals surface area contributed by atoms with Gasteiger partial charge in [0.05, 0.1) is 12.6 Å². The molecule has 2 aliphatic rings. The van der Waals surface area contributed by atoms with E-state index in [4.69, 9.17) is 0 Å². The summed E-state index contributed by atoms with van der Waals surface area (Å²) in [5.41, 5.74) is 2.48. The average Bonchev–Trinajstić information content (AvgIpc) is 3.10. The molecule has 1 atom stereocenters. The predicted molar refractivity (Wildman–Crippen MR) is 151 cm³/mol. The Kier molecular flexibility index (Phi) is 7.66. The van der Waals surface area contributed by atoms with Gasteiger partial charge in [-0.1, -0.05) is 38.5 Å². The van der Waals surface area contributed by atoms with E-state index in [1.165, 1.54) is 93.2 Å². The van der Waals surface area contributed by atoms with Crippen LogP contribution in [0.25, 0.3) is 21.8 Å². The first-order valence-corrected chi connectivity index (χ1v) is 14.6. The fourth-order valence-corrected chi connectivity index (χ4v) is 7.16. The van der Waals surface area contributed by atoms with E-state index in [1.807, 2.05) is 0 Å². The van der Waals surface area contributed by atoms with Crippen LogP contribution >= 0.6 is 45.2 Å². The van der Waals surface area contributed by atoms with Crippen molar-refractivity contribution in [1.82, 2.24) is 9.47 Å². The average molecular weight is 656 g/mol. The molecule has 2 saturated carbocycles. The molecule has 172 valence electrons. The van der Waals surface area contributed by atoms with Gasteiger partial charge in [-0.25, -0.2) is 0 Å². The Labute approximate surface area is 219 Å². The summed E-state index contributed by atoms with van der Waals surface area (Å²) in [7, 11) is 0. The summed E-state index contributed by atoms with van der Waals surface area (Å²) in [6.45, 7) is 1.47. The van der Waals surface area contributed by atoms with Gasteiger partial charge in [0.15, 0.2) is 0 Å². The molecule has 1 aromatic heterocycles. The van der Waals surface area contributed by atoms with Crippen LogP contribution in [-0.2, 0) is 6.54 Å². The Morgan fingerprint density at radius 1 is 0.781 bits per heavy atom. The lowest BCUT2D eigenvalue weighted by atomic mass is 9.88. The molecule has 0 unspecified atom stereocenters. The summed E-state index contributed by atoms with van der Waals surface area (Å²) in [6, 6.07) is 14.7. The molecule has 1 N–H and O–H groups in total. The first-order chi connectivity index (χ1) is 15.6. The van der Waals surface area contributed by atoms with Crippen LogP contribution in [-0.4, -0.2) is 39.3 Å². The minimum atomic E-state index is -0.351. The van der Waals surface area contributed by atoms with E-state index in [0.717, 1.165) is 6.54 Å². The van der Waals surface area contributed by atoms with Gasteiger partial charge < -0.3 is 9.67 Å². The number of aliphatic hydroxyl groups is 1. The van der Waals surface area contributed by atoms with Crippen molar-refractivity contribution >= 4 is 67.0 Å². The van der Waals surface area contributed by atoms with Gasteiger partial charge in [0, 0.05) is 47.6 Å². The summed E-state index contributed by atoms with van der Waals surface area (Å²) in [5, 5.41) is 14.0. The number of hydrogen-bond acceptors (Lipinski definition) is 2. The fourth-order valence-electron chi connectivity index (χ4n) is 6.18. The highest BCUT2D eigenvalue weighted by molar-refractivity contribution is 14.1. The third kappa shape index (κ3) is 5.01. The number of hydrogen-bond donors (Lipinski definition) is 1. The van der Waals surface area contributed by atoms with E-state index in [2.05, 4.69) is 91.0 Å². The van der Waals surface area contributed by atoms with Gasteiger partial charge >= 0.3 is 0 Å². The van der Waals surface area contributed by atoms with Gasteiger partial charge in [-0.15, -0.1) is 0 Å². The van der Waals surface area contributed by atoms with Crippen molar-refractivity contribution in [3.63, 3.8) is 0 Å². The minimum Gasteiger partial charge on any atom is -0.390 e. The lowest BCUT2D eigenvalue weighted by molar-refractivity contribution is 0.0242. The number of benzene rings is 2. The highest BCUT2D eigenvalue weighted by atomic mass is 127. The van der Waals surface area contributed by atoms with Crippen LogP contribution in [0.2, 0.25) is 0 Å². The molecule has 0 spiro atoms. The lowest BCUT2D eigenvalue weighted by Crippen LogP contribution is -2.49. The van der Waals surface area contributed by atoms with Gasteiger partial charge in [-0.2, -0.15) is 0 Å². The fraction of sp³-hybridized carbons (Fsp3) is 0.556. The Hall–Kier alpha value is -0.380. The molecule has 3 aromatic rings. The van der Waals surface area contributed by atoms with Crippen molar-refractivity contribution in [2.75, 3.05) is 6.54 Å². The van der Waals surface area contributed by atoms with Gasteiger partial charge in [-0.3, -0.25) is 4.90 Å². The Morgan fingerprint density at radius 3 is 1.72 bits per heavy atom. The normalized spacial score (nSPS) is 19.9. The summed E-state index contributed by atoms with van der Waals surface area (Å²) >= 11 is 4.80. The Morgan fingerprint density at radius 2 is 1.25 bits per heavy atom. The first-order valence-electron chi connectivity index (χ1n) is 12.4. The maximum Gasteiger partial charge on any atom is 0.0846 e.